The van der Waals surface area contributed by atoms with Gasteiger partial charge in [-0.15, -0.1) is 0 Å². The summed E-state index contributed by atoms with van der Waals surface area (Å²) in [5.41, 5.74) is 1.29. The van der Waals surface area contributed by atoms with Crippen molar-refractivity contribution in [3.05, 3.63) is 47.2 Å². The Kier molecular flexibility index (Phi) is 2.80. The maximum absolute atomic E-state index is 12.5. The third-order valence-corrected chi connectivity index (χ3v) is 4.51. The molecule has 2 aromatic rings. The van der Waals surface area contributed by atoms with Crippen molar-refractivity contribution in [2.24, 2.45) is 0 Å². The van der Waals surface area contributed by atoms with E-state index in [1.54, 1.807) is 29.1 Å². The van der Waals surface area contributed by atoms with Gasteiger partial charge in [-0.05, 0) is 36.8 Å². The zero-order valence-electron chi connectivity index (χ0n) is 11.3. The largest absolute Gasteiger partial charge is 0.376 e. The van der Waals surface area contributed by atoms with E-state index in [-0.39, 0.29) is 11.4 Å². The summed E-state index contributed by atoms with van der Waals surface area (Å²) in [5, 5.41) is 5.05. The van der Waals surface area contributed by atoms with Crippen molar-refractivity contribution in [2.45, 2.75) is 12.0 Å². The minimum atomic E-state index is -0.0544. The molecule has 0 unspecified atom stereocenters. The molecule has 0 bridgehead atoms. The molecule has 4 rings (SSSR count). The van der Waals surface area contributed by atoms with Gasteiger partial charge in [0.2, 0.25) is 0 Å². The Labute approximate surface area is 127 Å². The zero-order valence-corrected chi connectivity index (χ0v) is 12.1. The van der Waals surface area contributed by atoms with Crippen molar-refractivity contribution in [1.82, 2.24) is 14.7 Å². The highest BCUT2D eigenvalue weighted by Gasteiger charge is 2.53. The molecule has 1 aromatic heterocycles. The maximum Gasteiger partial charge on any atom is 0.274 e. The second-order valence-corrected chi connectivity index (χ2v) is 5.98. The van der Waals surface area contributed by atoms with Gasteiger partial charge in [0.25, 0.3) is 5.91 Å². The molecule has 3 heterocycles. The third kappa shape index (κ3) is 1.96. The van der Waals surface area contributed by atoms with Gasteiger partial charge >= 0.3 is 0 Å². The van der Waals surface area contributed by atoms with Gasteiger partial charge in [-0.3, -0.25) is 4.79 Å². The first-order valence-corrected chi connectivity index (χ1v) is 7.27. The lowest BCUT2D eigenvalue weighted by molar-refractivity contribution is -0.172. The van der Waals surface area contributed by atoms with Gasteiger partial charge in [0.05, 0.1) is 24.4 Å². The van der Waals surface area contributed by atoms with Gasteiger partial charge in [0.15, 0.2) is 5.69 Å². The van der Waals surface area contributed by atoms with Crippen molar-refractivity contribution in [2.75, 3.05) is 19.8 Å². The van der Waals surface area contributed by atoms with Crippen molar-refractivity contribution in [3.8, 4) is 5.69 Å². The first-order valence-electron chi connectivity index (χ1n) is 6.89. The molecule has 0 radical (unpaired) electrons. The lowest BCUT2D eigenvalue weighted by Crippen LogP contribution is -2.72. The zero-order chi connectivity index (χ0) is 14.4. The Bertz CT molecular complexity index is 686. The van der Waals surface area contributed by atoms with Crippen molar-refractivity contribution >= 4 is 17.5 Å². The average Bonchev–Trinajstić information content (AvgIpc) is 2.86. The number of aromatic nitrogens is 2. The smallest absolute Gasteiger partial charge is 0.274 e. The monoisotopic (exact) mass is 303 g/mol. The first kappa shape index (κ1) is 12.9. The average molecular weight is 304 g/mol. The number of carbonyl (C=O) groups excluding carboxylic acids is 1. The summed E-state index contributed by atoms with van der Waals surface area (Å²) in [4.78, 5) is 14.4. The lowest BCUT2D eigenvalue weighted by Gasteiger charge is -2.57. The SMILES string of the molecule is O=C(c1ccn(-c2ccc(Cl)cc2)n1)N1CCC12COC2. The minimum absolute atomic E-state index is 0.0164. The fourth-order valence-electron chi connectivity index (χ4n) is 2.81. The highest BCUT2D eigenvalue weighted by Crippen LogP contribution is 2.38. The summed E-state index contributed by atoms with van der Waals surface area (Å²) in [7, 11) is 0. The molecular weight excluding hydrogens is 290 g/mol. The number of amides is 1. The van der Waals surface area contributed by atoms with Crippen molar-refractivity contribution < 1.29 is 9.53 Å². The maximum atomic E-state index is 12.5. The molecule has 21 heavy (non-hydrogen) atoms. The van der Waals surface area contributed by atoms with Crippen LogP contribution in [-0.4, -0.2) is 45.9 Å². The van der Waals surface area contributed by atoms with E-state index in [9.17, 15) is 4.79 Å². The molecule has 2 aliphatic heterocycles. The molecule has 0 saturated carbocycles. The number of benzene rings is 1. The highest BCUT2D eigenvalue weighted by atomic mass is 35.5. The van der Waals surface area contributed by atoms with Crippen LogP contribution in [0, 0.1) is 0 Å². The van der Waals surface area contributed by atoms with Crippen LogP contribution in [0.25, 0.3) is 5.69 Å². The van der Waals surface area contributed by atoms with E-state index >= 15 is 0 Å². The Morgan fingerprint density at radius 2 is 2.00 bits per heavy atom. The van der Waals surface area contributed by atoms with Crippen LogP contribution in [0.4, 0.5) is 0 Å². The summed E-state index contributed by atoms with van der Waals surface area (Å²) in [6, 6.07) is 9.10. The molecule has 0 atom stereocenters. The van der Waals surface area contributed by atoms with Crippen LogP contribution >= 0.6 is 11.6 Å². The number of halogens is 1. The number of likely N-dealkylation sites (tertiary alicyclic amines) is 1. The Morgan fingerprint density at radius 1 is 1.24 bits per heavy atom. The summed E-state index contributed by atoms with van der Waals surface area (Å²) in [6.45, 7) is 2.09. The molecular formula is C15H14ClN3O2. The van der Waals surface area contributed by atoms with Crippen LogP contribution in [0.3, 0.4) is 0 Å². The van der Waals surface area contributed by atoms with Crippen molar-refractivity contribution in [3.63, 3.8) is 0 Å². The van der Waals surface area contributed by atoms with Crippen LogP contribution in [-0.2, 0) is 4.74 Å². The van der Waals surface area contributed by atoms with Gasteiger partial charge in [-0.2, -0.15) is 5.10 Å². The molecule has 2 aliphatic rings. The lowest BCUT2D eigenvalue weighted by atomic mass is 9.82. The van der Waals surface area contributed by atoms with E-state index in [4.69, 9.17) is 16.3 Å². The number of rotatable bonds is 2. The second kappa shape index (κ2) is 4.58. The van der Waals surface area contributed by atoms with Gasteiger partial charge < -0.3 is 9.64 Å². The molecule has 1 amide bonds. The summed E-state index contributed by atoms with van der Waals surface area (Å²) < 4.78 is 6.94. The van der Waals surface area contributed by atoms with E-state index in [1.165, 1.54) is 0 Å². The standard InChI is InChI=1S/C15H14ClN3O2/c16-11-1-3-12(4-2-11)19-7-5-13(17-19)14(20)18-8-6-15(18)9-21-10-15/h1-5,7H,6,8-10H2. The Hall–Kier alpha value is -1.85. The molecule has 0 N–H and O–H groups in total. The Morgan fingerprint density at radius 3 is 2.57 bits per heavy atom. The molecule has 1 spiro atoms. The van der Waals surface area contributed by atoms with Crippen molar-refractivity contribution in [1.29, 1.82) is 0 Å². The number of hydrogen-bond acceptors (Lipinski definition) is 3. The summed E-state index contributed by atoms with van der Waals surface area (Å²) in [6.07, 6.45) is 2.82. The summed E-state index contributed by atoms with van der Waals surface area (Å²) in [5.74, 6) is -0.0164. The van der Waals surface area contributed by atoms with Gasteiger partial charge in [0.1, 0.15) is 0 Å². The predicted octanol–water partition coefficient (Wildman–Crippen LogP) is 2.14. The molecule has 2 fully saturated rings. The molecule has 0 aliphatic carbocycles. The fourth-order valence-corrected chi connectivity index (χ4v) is 2.93. The topological polar surface area (TPSA) is 47.4 Å². The predicted molar refractivity (Wildman–Crippen MR) is 77.8 cm³/mol. The fraction of sp³-hybridized carbons (Fsp3) is 0.333. The van der Waals surface area contributed by atoms with E-state index in [0.29, 0.717) is 23.9 Å². The van der Waals surface area contributed by atoms with Crippen LogP contribution in [0.1, 0.15) is 16.9 Å². The summed E-state index contributed by atoms with van der Waals surface area (Å²) >= 11 is 5.87. The van der Waals surface area contributed by atoms with E-state index in [1.807, 2.05) is 17.0 Å². The van der Waals surface area contributed by atoms with Gasteiger partial charge in [0, 0.05) is 17.8 Å². The normalized spacial score (nSPS) is 19.2. The van der Waals surface area contributed by atoms with Crippen LogP contribution in [0.5, 0.6) is 0 Å². The number of nitrogens with zero attached hydrogens (tertiary/aromatic N) is 3. The van der Waals surface area contributed by atoms with Gasteiger partial charge in [-0.1, -0.05) is 11.6 Å². The quantitative estimate of drug-likeness (QED) is 0.854. The Balaban J connectivity index is 1.57. The second-order valence-electron chi connectivity index (χ2n) is 5.55. The van der Waals surface area contributed by atoms with Crippen LogP contribution in [0.2, 0.25) is 5.02 Å². The van der Waals surface area contributed by atoms with E-state index < -0.39 is 0 Å². The molecule has 2 saturated heterocycles. The third-order valence-electron chi connectivity index (χ3n) is 4.26. The highest BCUT2D eigenvalue weighted by molar-refractivity contribution is 6.30. The molecule has 108 valence electrons. The van der Waals surface area contributed by atoms with E-state index in [0.717, 1.165) is 18.7 Å². The van der Waals surface area contributed by atoms with Crippen LogP contribution in [0.15, 0.2) is 36.5 Å². The van der Waals surface area contributed by atoms with E-state index in [2.05, 4.69) is 5.10 Å². The number of ether oxygens (including phenoxy) is 1. The molecule has 6 heteroatoms. The van der Waals surface area contributed by atoms with Crippen LogP contribution < -0.4 is 0 Å². The first-order chi connectivity index (χ1) is 10.2. The van der Waals surface area contributed by atoms with Gasteiger partial charge in [-0.25, -0.2) is 4.68 Å². The number of carbonyl (C=O) groups is 1. The number of hydrogen-bond donors (Lipinski definition) is 0. The molecule has 5 nitrogen and oxygen atoms in total. The molecule has 1 aromatic carbocycles. The minimum Gasteiger partial charge on any atom is -0.376 e.